The minimum atomic E-state index is -0.281. The van der Waals surface area contributed by atoms with E-state index >= 15 is 0 Å². The number of aromatic nitrogens is 1. The molecule has 5 rings (SSSR count). The molecule has 0 aliphatic carbocycles. The number of hydrogen-bond donors (Lipinski definition) is 2. The molecule has 0 bridgehead atoms. The van der Waals surface area contributed by atoms with Gasteiger partial charge in [0.25, 0.3) is 5.91 Å². The number of benzene rings is 2. The molecule has 6 heteroatoms. The third-order valence-corrected chi connectivity index (χ3v) is 5.68. The van der Waals surface area contributed by atoms with Crippen LogP contribution in [0.25, 0.3) is 5.57 Å². The van der Waals surface area contributed by atoms with Crippen LogP contribution in [0.1, 0.15) is 23.6 Å². The second kappa shape index (κ2) is 7.63. The number of para-hydroxylation sites is 1. The van der Waals surface area contributed by atoms with Gasteiger partial charge in [-0.15, -0.1) is 0 Å². The lowest BCUT2D eigenvalue weighted by Gasteiger charge is -2.20. The maximum absolute atomic E-state index is 14.9. The number of hydrogen-bond acceptors (Lipinski definition) is 4. The highest BCUT2D eigenvalue weighted by Crippen LogP contribution is 2.33. The van der Waals surface area contributed by atoms with Gasteiger partial charge < -0.3 is 15.5 Å². The van der Waals surface area contributed by atoms with Crippen molar-refractivity contribution in [3.8, 4) is 0 Å². The maximum Gasteiger partial charge on any atom is 0.257 e. The molecule has 2 aliphatic heterocycles. The number of nitrogens with one attached hydrogen (secondary N) is 2. The van der Waals surface area contributed by atoms with E-state index in [1.807, 2.05) is 48.5 Å². The van der Waals surface area contributed by atoms with Gasteiger partial charge in [0.05, 0.1) is 11.3 Å². The van der Waals surface area contributed by atoms with Crippen molar-refractivity contribution in [2.45, 2.75) is 12.3 Å². The van der Waals surface area contributed by atoms with E-state index in [0.29, 0.717) is 22.9 Å². The number of nitrogens with zero attached hydrogens (tertiary/aromatic N) is 2. The molecule has 3 aromatic rings. The number of fused-ring (bicyclic) bond motifs is 1. The minimum absolute atomic E-state index is 0.168. The number of carbonyl (C=O) groups excluding carboxylic acids is 1. The SMILES string of the molecule is O=C1Nc2ccccc2C1=CNc1ccc(N2CCC(c3ccccn3)C2)c(F)c1. The minimum Gasteiger partial charge on any atom is -0.368 e. The van der Waals surface area contributed by atoms with Crippen molar-refractivity contribution in [1.82, 2.24) is 4.98 Å². The highest BCUT2D eigenvalue weighted by atomic mass is 19.1. The van der Waals surface area contributed by atoms with Crippen LogP contribution < -0.4 is 15.5 Å². The summed E-state index contributed by atoms with van der Waals surface area (Å²) in [6, 6.07) is 18.5. The molecule has 150 valence electrons. The van der Waals surface area contributed by atoms with E-state index in [1.54, 1.807) is 18.5 Å². The molecule has 3 heterocycles. The van der Waals surface area contributed by atoms with Crippen LogP contribution in [0.2, 0.25) is 0 Å². The van der Waals surface area contributed by atoms with Crippen LogP contribution in [-0.2, 0) is 4.79 Å². The van der Waals surface area contributed by atoms with Crippen LogP contribution in [0.4, 0.5) is 21.5 Å². The van der Waals surface area contributed by atoms with Gasteiger partial charge in [0.1, 0.15) is 5.82 Å². The average Bonchev–Trinajstić information content (AvgIpc) is 3.37. The van der Waals surface area contributed by atoms with Crippen molar-refractivity contribution in [3.05, 3.63) is 90.1 Å². The van der Waals surface area contributed by atoms with E-state index in [4.69, 9.17) is 0 Å². The summed E-state index contributed by atoms with van der Waals surface area (Å²) in [5, 5.41) is 5.89. The number of anilines is 3. The first-order valence-corrected chi connectivity index (χ1v) is 10.0. The Labute approximate surface area is 174 Å². The Balaban J connectivity index is 1.31. The summed E-state index contributed by atoms with van der Waals surface area (Å²) in [6.07, 6.45) is 4.39. The Morgan fingerprint density at radius 3 is 2.83 bits per heavy atom. The maximum atomic E-state index is 14.9. The van der Waals surface area contributed by atoms with Crippen LogP contribution in [-0.4, -0.2) is 24.0 Å². The van der Waals surface area contributed by atoms with E-state index in [9.17, 15) is 9.18 Å². The Hall–Kier alpha value is -3.67. The van der Waals surface area contributed by atoms with E-state index in [0.717, 1.165) is 36.5 Å². The second-order valence-electron chi connectivity index (χ2n) is 7.55. The summed E-state index contributed by atoms with van der Waals surface area (Å²) in [4.78, 5) is 18.7. The smallest absolute Gasteiger partial charge is 0.257 e. The lowest BCUT2D eigenvalue weighted by Crippen LogP contribution is -2.20. The highest BCUT2D eigenvalue weighted by molar-refractivity contribution is 6.31. The first-order valence-electron chi connectivity index (χ1n) is 10.0. The van der Waals surface area contributed by atoms with Crippen molar-refractivity contribution in [3.63, 3.8) is 0 Å². The molecule has 2 N–H and O–H groups in total. The van der Waals surface area contributed by atoms with Gasteiger partial charge in [0.15, 0.2) is 0 Å². The normalized spacial score (nSPS) is 19.1. The van der Waals surface area contributed by atoms with Gasteiger partial charge in [-0.3, -0.25) is 9.78 Å². The number of carbonyl (C=O) groups is 1. The van der Waals surface area contributed by atoms with Gasteiger partial charge in [-0.05, 0) is 42.8 Å². The zero-order chi connectivity index (χ0) is 20.5. The van der Waals surface area contributed by atoms with E-state index in [-0.39, 0.29) is 11.7 Å². The van der Waals surface area contributed by atoms with Crippen molar-refractivity contribution in [2.24, 2.45) is 0 Å². The summed E-state index contributed by atoms with van der Waals surface area (Å²) >= 11 is 0. The van der Waals surface area contributed by atoms with Crippen molar-refractivity contribution < 1.29 is 9.18 Å². The molecule has 1 unspecified atom stereocenters. The van der Waals surface area contributed by atoms with Crippen molar-refractivity contribution in [2.75, 3.05) is 28.6 Å². The average molecular weight is 400 g/mol. The second-order valence-corrected chi connectivity index (χ2v) is 7.55. The van der Waals surface area contributed by atoms with Gasteiger partial charge in [-0.25, -0.2) is 4.39 Å². The molecule has 0 radical (unpaired) electrons. The van der Waals surface area contributed by atoms with Gasteiger partial charge in [0, 0.05) is 54.0 Å². The molecule has 2 aliphatic rings. The van der Waals surface area contributed by atoms with Crippen LogP contribution >= 0.6 is 0 Å². The van der Waals surface area contributed by atoms with Crippen LogP contribution in [0.15, 0.2) is 73.1 Å². The van der Waals surface area contributed by atoms with Gasteiger partial charge in [0.2, 0.25) is 0 Å². The summed E-state index contributed by atoms with van der Waals surface area (Å²) in [5.41, 5.74) is 4.41. The van der Waals surface area contributed by atoms with Crippen molar-refractivity contribution in [1.29, 1.82) is 0 Å². The largest absolute Gasteiger partial charge is 0.368 e. The first-order chi connectivity index (χ1) is 14.7. The fourth-order valence-electron chi connectivity index (χ4n) is 4.13. The fourth-order valence-corrected chi connectivity index (χ4v) is 4.13. The van der Waals surface area contributed by atoms with Crippen LogP contribution in [0.5, 0.6) is 0 Å². The zero-order valence-electron chi connectivity index (χ0n) is 16.3. The van der Waals surface area contributed by atoms with Gasteiger partial charge >= 0.3 is 0 Å². The lowest BCUT2D eigenvalue weighted by molar-refractivity contribution is -0.110. The zero-order valence-corrected chi connectivity index (χ0v) is 16.3. The molecule has 2 aromatic carbocycles. The highest BCUT2D eigenvalue weighted by Gasteiger charge is 2.27. The Kier molecular flexibility index (Phi) is 4.67. The number of pyridine rings is 1. The molecule has 30 heavy (non-hydrogen) atoms. The Morgan fingerprint density at radius 2 is 2.00 bits per heavy atom. The third kappa shape index (κ3) is 3.41. The first kappa shape index (κ1) is 18.4. The predicted octanol–water partition coefficient (Wildman–Crippen LogP) is 4.62. The molecule has 0 spiro atoms. The number of halogens is 1. The van der Waals surface area contributed by atoms with Gasteiger partial charge in [-0.2, -0.15) is 0 Å². The molecule has 1 amide bonds. The summed E-state index contributed by atoms with van der Waals surface area (Å²) < 4.78 is 14.9. The molecular weight excluding hydrogens is 379 g/mol. The fraction of sp³-hybridized carbons (Fsp3) is 0.167. The molecule has 0 saturated carbocycles. The third-order valence-electron chi connectivity index (χ3n) is 5.68. The molecule has 1 aromatic heterocycles. The topological polar surface area (TPSA) is 57.3 Å². The predicted molar refractivity (Wildman–Crippen MR) is 117 cm³/mol. The lowest BCUT2D eigenvalue weighted by atomic mass is 10.0. The monoisotopic (exact) mass is 400 g/mol. The molecule has 1 saturated heterocycles. The molecule has 1 atom stereocenters. The number of rotatable bonds is 4. The Bertz CT molecular complexity index is 1130. The molecular formula is C24H21FN4O. The van der Waals surface area contributed by atoms with E-state index < -0.39 is 0 Å². The van der Waals surface area contributed by atoms with Crippen LogP contribution in [0, 0.1) is 5.82 Å². The summed E-state index contributed by atoms with van der Waals surface area (Å²) in [6.45, 7) is 1.55. The van der Waals surface area contributed by atoms with E-state index in [2.05, 4.69) is 20.5 Å². The van der Waals surface area contributed by atoms with Gasteiger partial charge in [-0.1, -0.05) is 24.3 Å². The quantitative estimate of drug-likeness (QED) is 0.628. The molecule has 5 nitrogen and oxygen atoms in total. The van der Waals surface area contributed by atoms with Crippen LogP contribution in [0.3, 0.4) is 0 Å². The Morgan fingerprint density at radius 1 is 1.13 bits per heavy atom. The summed E-state index contributed by atoms with van der Waals surface area (Å²) in [5.74, 6) is -0.135. The standard InChI is InChI=1S/C24H21FN4O/c25-20-13-17(27-14-19-18-5-1-2-7-22(18)28-24(19)30)8-9-23(20)29-12-10-16(15-29)21-6-3-4-11-26-21/h1-9,11,13-14,16,27H,10,12,15H2,(H,28,30). The summed E-state index contributed by atoms with van der Waals surface area (Å²) in [7, 11) is 0. The van der Waals surface area contributed by atoms with Crippen molar-refractivity contribution >= 4 is 28.5 Å². The van der Waals surface area contributed by atoms with E-state index in [1.165, 1.54) is 6.07 Å². The molecule has 1 fully saturated rings. The number of amides is 1.